The highest BCUT2D eigenvalue weighted by molar-refractivity contribution is 5.95. The third-order valence-electron chi connectivity index (χ3n) is 5.95. The first-order valence-corrected chi connectivity index (χ1v) is 11.1. The van der Waals surface area contributed by atoms with Crippen molar-refractivity contribution in [3.63, 3.8) is 0 Å². The van der Waals surface area contributed by atoms with Gasteiger partial charge in [0.2, 0.25) is 0 Å². The molecule has 4 rings (SSSR count). The molecule has 2 aromatic carbocycles. The normalized spacial score (nSPS) is 24.8. The molecule has 0 radical (unpaired) electrons. The van der Waals surface area contributed by atoms with Crippen molar-refractivity contribution >= 4 is 11.8 Å². The Balaban J connectivity index is 1.41. The van der Waals surface area contributed by atoms with E-state index in [2.05, 4.69) is 10.6 Å². The predicted molar refractivity (Wildman–Crippen MR) is 123 cm³/mol. The summed E-state index contributed by atoms with van der Waals surface area (Å²) < 4.78 is 28.8. The molecule has 3 atom stereocenters. The van der Waals surface area contributed by atoms with Crippen molar-refractivity contribution in [2.75, 3.05) is 33.9 Å². The lowest BCUT2D eigenvalue weighted by Gasteiger charge is -2.27. The zero-order chi connectivity index (χ0) is 24.3. The van der Waals surface area contributed by atoms with E-state index in [0.717, 1.165) is 0 Å². The van der Waals surface area contributed by atoms with Gasteiger partial charge in [0.15, 0.2) is 17.3 Å². The summed E-state index contributed by atoms with van der Waals surface area (Å²) in [6.07, 6.45) is -0.913. The van der Waals surface area contributed by atoms with Crippen LogP contribution in [0, 0.1) is 0 Å². The first-order valence-electron chi connectivity index (χ1n) is 11.1. The van der Waals surface area contributed by atoms with Crippen molar-refractivity contribution in [1.29, 1.82) is 0 Å². The maximum Gasteiger partial charge on any atom is 0.251 e. The molecule has 2 aliphatic heterocycles. The number of fused-ring (bicyclic) bond motifs is 1. The van der Waals surface area contributed by atoms with Crippen molar-refractivity contribution < 1.29 is 33.3 Å². The Kier molecular flexibility index (Phi) is 6.79. The Labute approximate surface area is 198 Å². The zero-order valence-corrected chi connectivity index (χ0v) is 19.8. The third kappa shape index (κ3) is 4.86. The van der Waals surface area contributed by atoms with Gasteiger partial charge in [0.25, 0.3) is 11.8 Å². The smallest absolute Gasteiger partial charge is 0.251 e. The molecule has 34 heavy (non-hydrogen) atoms. The highest BCUT2D eigenvalue weighted by Gasteiger charge is 2.61. The van der Waals surface area contributed by atoms with E-state index in [4.69, 9.17) is 23.7 Å². The number of rotatable bonds is 8. The molecular weight excluding hydrogens is 440 g/mol. The highest BCUT2D eigenvalue weighted by Crippen LogP contribution is 2.43. The maximum absolute atomic E-state index is 12.7. The molecule has 2 fully saturated rings. The summed E-state index contributed by atoms with van der Waals surface area (Å²) >= 11 is 0. The average molecular weight is 471 g/mol. The van der Waals surface area contributed by atoms with E-state index < -0.39 is 23.6 Å². The quantitative estimate of drug-likeness (QED) is 0.609. The van der Waals surface area contributed by atoms with Crippen molar-refractivity contribution in [3.05, 3.63) is 59.7 Å². The SMILES string of the molecule is COc1ccc(C(=O)NCC2OC[C@]3(CNC(=O)c4ccccc4)OC(C)(C)O[C@H]23)cc1OC. The molecule has 1 unspecified atom stereocenters. The summed E-state index contributed by atoms with van der Waals surface area (Å²) in [7, 11) is 3.05. The van der Waals surface area contributed by atoms with Crippen LogP contribution in [-0.2, 0) is 14.2 Å². The zero-order valence-electron chi connectivity index (χ0n) is 19.8. The molecule has 0 saturated carbocycles. The number of ether oxygens (including phenoxy) is 5. The van der Waals surface area contributed by atoms with Crippen LogP contribution in [0.25, 0.3) is 0 Å². The van der Waals surface area contributed by atoms with Crippen molar-refractivity contribution in [3.8, 4) is 11.5 Å². The summed E-state index contributed by atoms with van der Waals surface area (Å²) in [6.45, 7) is 4.31. The Morgan fingerprint density at radius 3 is 2.38 bits per heavy atom. The maximum atomic E-state index is 12.7. The predicted octanol–water partition coefficient (Wildman–Crippen LogP) is 2.15. The molecule has 2 aliphatic rings. The van der Waals surface area contributed by atoms with Crippen LogP contribution in [0.3, 0.4) is 0 Å². The molecule has 2 N–H and O–H groups in total. The summed E-state index contributed by atoms with van der Waals surface area (Å²) in [5.41, 5.74) is 0.138. The monoisotopic (exact) mass is 470 g/mol. The third-order valence-corrected chi connectivity index (χ3v) is 5.95. The second-order valence-electron chi connectivity index (χ2n) is 8.78. The molecule has 9 nitrogen and oxygen atoms in total. The van der Waals surface area contributed by atoms with Gasteiger partial charge in [-0.3, -0.25) is 9.59 Å². The number of carbonyl (C=O) groups is 2. The van der Waals surface area contributed by atoms with E-state index in [1.54, 1.807) is 30.3 Å². The van der Waals surface area contributed by atoms with Gasteiger partial charge in [0.1, 0.15) is 17.8 Å². The number of carbonyl (C=O) groups excluding carboxylic acids is 2. The molecular formula is C25H30N2O7. The highest BCUT2D eigenvalue weighted by atomic mass is 16.8. The first-order chi connectivity index (χ1) is 16.3. The number of amides is 2. The van der Waals surface area contributed by atoms with Gasteiger partial charge in [-0.2, -0.15) is 0 Å². The van der Waals surface area contributed by atoms with Gasteiger partial charge in [0, 0.05) is 17.7 Å². The number of methoxy groups -OCH3 is 2. The lowest BCUT2D eigenvalue weighted by molar-refractivity contribution is -0.188. The van der Waals surface area contributed by atoms with Crippen LogP contribution in [-0.4, -0.2) is 69.3 Å². The van der Waals surface area contributed by atoms with E-state index in [0.29, 0.717) is 22.6 Å². The molecule has 2 aromatic rings. The second kappa shape index (κ2) is 9.61. The molecule has 2 saturated heterocycles. The molecule has 9 heteroatoms. The Morgan fingerprint density at radius 2 is 1.68 bits per heavy atom. The molecule has 0 spiro atoms. The van der Waals surface area contributed by atoms with E-state index in [1.807, 2.05) is 32.0 Å². The van der Waals surface area contributed by atoms with Gasteiger partial charge >= 0.3 is 0 Å². The van der Waals surface area contributed by atoms with Crippen LogP contribution in [0.5, 0.6) is 11.5 Å². The molecule has 2 amide bonds. The molecule has 0 aliphatic carbocycles. The van der Waals surface area contributed by atoms with Gasteiger partial charge in [-0.05, 0) is 44.2 Å². The van der Waals surface area contributed by atoms with Crippen molar-refractivity contribution in [2.45, 2.75) is 37.4 Å². The van der Waals surface area contributed by atoms with Crippen LogP contribution in [0.15, 0.2) is 48.5 Å². The minimum Gasteiger partial charge on any atom is -0.493 e. The van der Waals surface area contributed by atoms with Gasteiger partial charge < -0.3 is 34.3 Å². The number of hydrogen-bond acceptors (Lipinski definition) is 7. The fraction of sp³-hybridized carbons (Fsp3) is 0.440. The molecule has 2 heterocycles. The number of nitrogens with one attached hydrogen (secondary N) is 2. The van der Waals surface area contributed by atoms with Crippen LogP contribution >= 0.6 is 0 Å². The minimum atomic E-state index is -0.854. The van der Waals surface area contributed by atoms with E-state index in [1.165, 1.54) is 14.2 Å². The van der Waals surface area contributed by atoms with Crippen LogP contribution < -0.4 is 20.1 Å². The van der Waals surface area contributed by atoms with Crippen LogP contribution in [0.4, 0.5) is 0 Å². The summed E-state index contributed by atoms with van der Waals surface area (Å²) in [5, 5.41) is 5.83. The lowest BCUT2D eigenvalue weighted by Crippen LogP contribution is -2.52. The molecule has 0 bridgehead atoms. The summed E-state index contributed by atoms with van der Waals surface area (Å²) in [4.78, 5) is 25.3. The van der Waals surface area contributed by atoms with E-state index in [-0.39, 0.29) is 31.5 Å². The Hall–Kier alpha value is -3.14. The van der Waals surface area contributed by atoms with Crippen LogP contribution in [0.2, 0.25) is 0 Å². The largest absolute Gasteiger partial charge is 0.493 e. The van der Waals surface area contributed by atoms with Crippen molar-refractivity contribution in [2.24, 2.45) is 0 Å². The summed E-state index contributed by atoms with van der Waals surface area (Å²) in [6, 6.07) is 13.9. The first kappa shape index (κ1) is 24.0. The lowest BCUT2D eigenvalue weighted by atomic mass is 9.96. The standard InChI is InChI=1S/C25H30N2O7/c1-24(2)33-21-20(13-26-23(29)17-10-11-18(30-3)19(12-17)31-4)32-15-25(21,34-24)14-27-22(28)16-8-6-5-7-9-16/h5-12,20-21H,13-15H2,1-4H3,(H,26,29)(H,27,28)/t20?,21-,25+/m1/s1. The van der Waals surface area contributed by atoms with Gasteiger partial charge in [-0.25, -0.2) is 0 Å². The fourth-order valence-electron chi connectivity index (χ4n) is 4.39. The number of benzene rings is 2. The number of hydrogen-bond donors (Lipinski definition) is 2. The van der Waals surface area contributed by atoms with Gasteiger partial charge in [0.05, 0.1) is 27.4 Å². The Bertz CT molecular complexity index is 1040. The Morgan fingerprint density at radius 1 is 0.971 bits per heavy atom. The fourth-order valence-corrected chi connectivity index (χ4v) is 4.39. The van der Waals surface area contributed by atoms with Crippen molar-refractivity contribution in [1.82, 2.24) is 10.6 Å². The topological polar surface area (TPSA) is 104 Å². The molecule has 0 aromatic heterocycles. The van der Waals surface area contributed by atoms with Crippen LogP contribution in [0.1, 0.15) is 34.6 Å². The second-order valence-corrected chi connectivity index (χ2v) is 8.78. The summed E-state index contributed by atoms with van der Waals surface area (Å²) in [5.74, 6) is -0.323. The van der Waals surface area contributed by atoms with Gasteiger partial charge in [-0.1, -0.05) is 18.2 Å². The van der Waals surface area contributed by atoms with Gasteiger partial charge in [-0.15, -0.1) is 0 Å². The minimum absolute atomic E-state index is 0.202. The van der Waals surface area contributed by atoms with E-state index in [9.17, 15) is 9.59 Å². The average Bonchev–Trinajstić information content (AvgIpc) is 3.30. The van der Waals surface area contributed by atoms with E-state index >= 15 is 0 Å². The molecule has 182 valence electrons.